The van der Waals surface area contributed by atoms with Crippen LogP contribution in [0, 0.1) is 19.8 Å². The van der Waals surface area contributed by atoms with E-state index in [4.69, 9.17) is 0 Å². The van der Waals surface area contributed by atoms with Gasteiger partial charge in [-0.2, -0.15) is 0 Å². The van der Waals surface area contributed by atoms with Crippen LogP contribution in [0.3, 0.4) is 0 Å². The summed E-state index contributed by atoms with van der Waals surface area (Å²) in [6, 6.07) is 15.9. The molecule has 0 fully saturated rings. The maximum atomic E-state index is 13.2. The Balaban J connectivity index is 2.10. The van der Waals surface area contributed by atoms with Gasteiger partial charge in [-0.25, -0.2) is 0 Å². The number of amides is 2. The fourth-order valence-electron chi connectivity index (χ4n) is 3.61. The normalized spacial score (nSPS) is 11.9. The van der Waals surface area contributed by atoms with Gasteiger partial charge in [-0.3, -0.25) is 9.59 Å². The van der Waals surface area contributed by atoms with Crippen molar-refractivity contribution in [3.8, 4) is 0 Å². The van der Waals surface area contributed by atoms with E-state index < -0.39 is 6.04 Å². The average molecular weight is 441 g/mol. The number of rotatable bonds is 11. The van der Waals surface area contributed by atoms with Crippen molar-refractivity contribution in [1.82, 2.24) is 10.2 Å². The van der Waals surface area contributed by atoms with Crippen LogP contribution in [0.5, 0.6) is 0 Å². The highest BCUT2D eigenvalue weighted by molar-refractivity contribution is 7.99. The number of hydrogen-bond acceptors (Lipinski definition) is 3. The van der Waals surface area contributed by atoms with Crippen LogP contribution in [0.1, 0.15) is 49.4 Å². The van der Waals surface area contributed by atoms with E-state index in [-0.39, 0.29) is 11.8 Å². The molecule has 2 amide bonds. The Bertz CT molecular complexity index is 831. The van der Waals surface area contributed by atoms with E-state index in [1.807, 2.05) is 37.3 Å². The minimum Gasteiger partial charge on any atom is -0.354 e. The van der Waals surface area contributed by atoms with Gasteiger partial charge in [0.1, 0.15) is 6.04 Å². The lowest BCUT2D eigenvalue weighted by molar-refractivity contribution is -0.139. The molecule has 4 nitrogen and oxygen atoms in total. The second kappa shape index (κ2) is 12.6. The Morgan fingerprint density at radius 1 is 1.00 bits per heavy atom. The molecule has 0 aliphatic rings. The van der Waals surface area contributed by atoms with Crippen molar-refractivity contribution in [1.29, 1.82) is 0 Å². The summed E-state index contributed by atoms with van der Waals surface area (Å²) in [6.45, 7) is 11.3. The van der Waals surface area contributed by atoms with Crippen molar-refractivity contribution in [2.24, 2.45) is 5.92 Å². The van der Waals surface area contributed by atoms with Crippen LogP contribution in [-0.4, -0.2) is 35.1 Å². The highest BCUT2D eigenvalue weighted by Gasteiger charge is 2.28. The summed E-state index contributed by atoms with van der Waals surface area (Å²) in [4.78, 5) is 27.9. The number of aryl methyl sites for hydroxylation is 2. The first-order chi connectivity index (χ1) is 14.8. The third-order valence-corrected chi connectivity index (χ3v) is 6.03. The fraction of sp³-hybridized carbons (Fsp3) is 0.462. The molecule has 0 saturated heterocycles. The van der Waals surface area contributed by atoms with Gasteiger partial charge in [0.05, 0.1) is 5.75 Å². The molecule has 0 bridgehead atoms. The predicted octanol–water partition coefficient (Wildman–Crippen LogP) is 5.12. The third kappa shape index (κ3) is 8.41. The Labute approximate surface area is 191 Å². The van der Waals surface area contributed by atoms with E-state index in [1.165, 1.54) is 16.7 Å². The van der Waals surface area contributed by atoms with Gasteiger partial charge in [-0.15, -0.1) is 11.8 Å². The molecule has 168 valence electrons. The molecule has 0 aliphatic carbocycles. The van der Waals surface area contributed by atoms with Gasteiger partial charge in [-0.1, -0.05) is 80.4 Å². The van der Waals surface area contributed by atoms with Crippen LogP contribution < -0.4 is 5.32 Å². The second-order valence-electron chi connectivity index (χ2n) is 8.56. The van der Waals surface area contributed by atoms with Crippen molar-refractivity contribution < 1.29 is 9.59 Å². The first-order valence-electron chi connectivity index (χ1n) is 11.1. The number of carbonyl (C=O) groups is 2. The monoisotopic (exact) mass is 440 g/mol. The van der Waals surface area contributed by atoms with Gasteiger partial charge >= 0.3 is 0 Å². The molecule has 0 unspecified atom stereocenters. The summed E-state index contributed by atoms with van der Waals surface area (Å²) in [5, 5.41) is 3.01. The smallest absolute Gasteiger partial charge is 0.242 e. The standard InChI is InChI=1S/C26H36N2O2S/c1-6-24(26(30)27-15-19(2)3)28(16-22-10-8-7-9-11-22)25(29)18-31-17-23-13-20(4)12-21(5)14-23/h7-14,19,24H,6,15-18H2,1-5H3,(H,27,30)/t24-/m1/s1. The molecule has 0 spiro atoms. The first kappa shape index (κ1) is 25.0. The average Bonchev–Trinajstić information content (AvgIpc) is 2.72. The topological polar surface area (TPSA) is 49.4 Å². The lowest BCUT2D eigenvalue weighted by atomic mass is 10.1. The molecule has 1 atom stereocenters. The number of hydrogen-bond donors (Lipinski definition) is 1. The van der Waals surface area contributed by atoms with Gasteiger partial charge in [0, 0.05) is 18.8 Å². The molecule has 2 rings (SSSR count). The summed E-state index contributed by atoms with van der Waals surface area (Å²) in [7, 11) is 0. The van der Waals surface area contributed by atoms with E-state index in [1.54, 1.807) is 16.7 Å². The summed E-state index contributed by atoms with van der Waals surface area (Å²) in [5.41, 5.74) is 4.73. The molecule has 0 saturated carbocycles. The van der Waals surface area contributed by atoms with E-state index in [0.717, 1.165) is 11.3 Å². The fourth-order valence-corrected chi connectivity index (χ4v) is 4.46. The van der Waals surface area contributed by atoms with Crippen molar-refractivity contribution in [3.63, 3.8) is 0 Å². The number of benzene rings is 2. The highest BCUT2D eigenvalue weighted by Crippen LogP contribution is 2.19. The molecule has 1 N–H and O–H groups in total. The zero-order valence-corrected chi connectivity index (χ0v) is 20.3. The predicted molar refractivity (Wildman–Crippen MR) is 131 cm³/mol. The molecular formula is C26H36N2O2S. The third-order valence-electron chi connectivity index (χ3n) is 5.04. The van der Waals surface area contributed by atoms with Crippen LogP contribution in [0.4, 0.5) is 0 Å². The molecule has 5 heteroatoms. The summed E-state index contributed by atoms with van der Waals surface area (Å²) in [6.07, 6.45) is 0.588. The maximum absolute atomic E-state index is 13.2. The van der Waals surface area contributed by atoms with Crippen molar-refractivity contribution in [2.75, 3.05) is 12.3 Å². The largest absolute Gasteiger partial charge is 0.354 e. The number of carbonyl (C=O) groups excluding carboxylic acids is 2. The van der Waals surface area contributed by atoms with Crippen LogP contribution in [0.25, 0.3) is 0 Å². The Hall–Kier alpha value is -2.27. The van der Waals surface area contributed by atoms with Gasteiger partial charge < -0.3 is 10.2 Å². The van der Waals surface area contributed by atoms with E-state index in [0.29, 0.717) is 31.2 Å². The van der Waals surface area contributed by atoms with Crippen LogP contribution in [0.15, 0.2) is 48.5 Å². The lowest BCUT2D eigenvalue weighted by Crippen LogP contribution is -2.50. The van der Waals surface area contributed by atoms with Crippen molar-refractivity contribution >= 4 is 23.6 Å². The first-order valence-corrected chi connectivity index (χ1v) is 12.2. The zero-order chi connectivity index (χ0) is 22.8. The number of nitrogens with zero attached hydrogens (tertiary/aromatic N) is 1. The molecule has 0 heterocycles. The number of nitrogens with one attached hydrogen (secondary N) is 1. The molecule has 0 aromatic heterocycles. The van der Waals surface area contributed by atoms with Crippen molar-refractivity contribution in [2.45, 2.75) is 59.4 Å². The van der Waals surface area contributed by atoms with Crippen molar-refractivity contribution in [3.05, 3.63) is 70.8 Å². The summed E-state index contributed by atoms with van der Waals surface area (Å²) in [5.74, 6) is 1.44. The summed E-state index contributed by atoms with van der Waals surface area (Å²) < 4.78 is 0. The molecule has 2 aromatic rings. The van der Waals surface area contributed by atoms with E-state index in [9.17, 15) is 9.59 Å². The molecular weight excluding hydrogens is 404 g/mol. The van der Waals surface area contributed by atoms with Gasteiger partial charge in [-0.05, 0) is 37.3 Å². The minimum atomic E-state index is -0.465. The zero-order valence-electron chi connectivity index (χ0n) is 19.5. The van der Waals surface area contributed by atoms with Gasteiger partial charge in [0.15, 0.2) is 0 Å². The number of thioether (sulfide) groups is 1. The lowest BCUT2D eigenvalue weighted by Gasteiger charge is -2.31. The van der Waals surface area contributed by atoms with Gasteiger partial charge in [0.2, 0.25) is 11.8 Å². The van der Waals surface area contributed by atoms with Crippen LogP contribution in [-0.2, 0) is 21.9 Å². The Morgan fingerprint density at radius 3 is 2.23 bits per heavy atom. The molecule has 0 radical (unpaired) electrons. The molecule has 2 aromatic carbocycles. The SMILES string of the molecule is CC[C@H](C(=O)NCC(C)C)N(Cc1ccccc1)C(=O)CSCc1cc(C)cc(C)c1. The molecule has 31 heavy (non-hydrogen) atoms. The van der Waals surface area contributed by atoms with E-state index >= 15 is 0 Å². The quantitative estimate of drug-likeness (QED) is 0.528. The Kier molecular flexibility index (Phi) is 10.1. The maximum Gasteiger partial charge on any atom is 0.242 e. The minimum absolute atomic E-state index is 0.00442. The van der Waals surface area contributed by atoms with E-state index in [2.05, 4.69) is 51.2 Å². The summed E-state index contributed by atoms with van der Waals surface area (Å²) >= 11 is 1.61. The van der Waals surface area contributed by atoms with Gasteiger partial charge in [0.25, 0.3) is 0 Å². The Morgan fingerprint density at radius 2 is 1.65 bits per heavy atom. The van der Waals surface area contributed by atoms with Crippen LogP contribution in [0.2, 0.25) is 0 Å². The molecule has 0 aliphatic heterocycles. The highest BCUT2D eigenvalue weighted by atomic mass is 32.2. The van der Waals surface area contributed by atoms with Crippen LogP contribution >= 0.6 is 11.8 Å². The second-order valence-corrected chi connectivity index (χ2v) is 9.54.